The van der Waals surface area contributed by atoms with Gasteiger partial charge in [0.2, 0.25) is 5.91 Å². The highest BCUT2D eigenvalue weighted by Gasteiger charge is 2.60. The van der Waals surface area contributed by atoms with Crippen LogP contribution in [0.5, 0.6) is 0 Å². The average Bonchev–Trinajstić information content (AvgIpc) is 2.77. The molecule has 1 aromatic rings. The first-order valence-corrected chi connectivity index (χ1v) is 8.65. The van der Waals surface area contributed by atoms with Crippen LogP contribution in [0.1, 0.15) is 51.1 Å². The van der Waals surface area contributed by atoms with Crippen molar-refractivity contribution in [3.63, 3.8) is 0 Å². The van der Waals surface area contributed by atoms with Crippen molar-refractivity contribution in [3.05, 3.63) is 22.2 Å². The van der Waals surface area contributed by atoms with E-state index in [0.29, 0.717) is 5.92 Å². The van der Waals surface area contributed by atoms with Crippen molar-refractivity contribution in [2.45, 2.75) is 53.4 Å². The summed E-state index contributed by atoms with van der Waals surface area (Å²) in [5.41, 5.74) is 2.56. The molecule has 3 rings (SSSR count). The number of aromatic nitrogens is 1. The van der Waals surface area contributed by atoms with Gasteiger partial charge in [-0.3, -0.25) is 4.79 Å². The Morgan fingerprint density at radius 1 is 1.33 bits per heavy atom. The largest absolute Gasteiger partial charge is 0.302 e. The van der Waals surface area contributed by atoms with Gasteiger partial charge in [-0.1, -0.05) is 25.5 Å². The Morgan fingerprint density at radius 2 is 2.05 bits per heavy atom. The summed E-state index contributed by atoms with van der Waals surface area (Å²) in [6.45, 7) is 8.54. The molecule has 0 saturated heterocycles. The van der Waals surface area contributed by atoms with Crippen LogP contribution in [0.15, 0.2) is 11.6 Å². The number of nitrogens with zero attached hydrogens (tertiary/aromatic N) is 1. The van der Waals surface area contributed by atoms with E-state index in [9.17, 15) is 4.79 Å². The monoisotopic (exact) mass is 304 g/mol. The number of thiazole rings is 1. The van der Waals surface area contributed by atoms with Crippen molar-refractivity contribution in [1.29, 1.82) is 0 Å². The fourth-order valence-corrected chi connectivity index (χ4v) is 4.49. The molecule has 0 spiro atoms. The fourth-order valence-electron chi connectivity index (χ4n) is 3.44. The molecule has 0 aromatic carbocycles. The average molecular weight is 304 g/mol. The molecule has 1 N–H and O–H groups in total. The minimum Gasteiger partial charge on any atom is -0.302 e. The molecule has 0 radical (unpaired) electrons. The van der Waals surface area contributed by atoms with Gasteiger partial charge in [0.05, 0.1) is 11.6 Å². The summed E-state index contributed by atoms with van der Waals surface area (Å²) in [5.74, 6) is 0.569. The Balaban J connectivity index is 1.70. The quantitative estimate of drug-likeness (QED) is 0.850. The number of allylic oxidation sites excluding steroid dienone is 2. The second-order valence-electron chi connectivity index (χ2n) is 7.15. The molecule has 1 saturated carbocycles. The van der Waals surface area contributed by atoms with Crippen LogP contribution in [0.25, 0.3) is 0 Å². The Morgan fingerprint density at radius 3 is 2.71 bits per heavy atom. The fraction of sp³-hybridized carbons (Fsp3) is 0.647. The van der Waals surface area contributed by atoms with E-state index in [0.717, 1.165) is 18.0 Å². The summed E-state index contributed by atoms with van der Waals surface area (Å²) in [5, 5.41) is 3.86. The molecule has 3 nitrogen and oxygen atoms in total. The predicted molar refractivity (Wildman–Crippen MR) is 87.6 cm³/mol. The zero-order valence-corrected chi connectivity index (χ0v) is 14.1. The zero-order chi connectivity index (χ0) is 15.2. The van der Waals surface area contributed by atoms with Crippen molar-refractivity contribution in [3.8, 4) is 0 Å². The van der Waals surface area contributed by atoms with Gasteiger partial charge in [-0.25, -0.2) is 4.98 Å². The van der Waals surface area contributed by atoms with E-state index in [2.05, 4.69) is 44.1 Å². The summed E-state index contributed by atoms with van der Waals surface area (Å²) < 4.78 is 0. The van der Waals surface area contributed by atoms with Crippen LogP contribution in [-0.4, -0.2) is 10.9 Å². The van der Waals surface area contributed by atoms with E-state index in [1.54, 1.807) is 11.3 Å². The molecule has 1 amide bonds. The van der Waals surface area contributed by atoms with E-state index in [-0.39, 0.29) is 17.2 Å². The third-order valence-electron chi connectivity index (χ3n) is 4.78. The Bertz CT molecular complexity index is 572. The highest BCUT2D eigenvalue weighted by atomic mass is 32.1. The Kier molecular flexibility index (Phi) is 3.68. The lowest BCUT2D eigenvalue weighted by Crippen LogP contribution is -2.16. The van der Waals surface area contributed by atoms with Crippen molar-refractivity contribution >= 4 is 22.4 Å². The summed E-state index contributed by atoms with van der Waals surface area (Å²) >= 11 is 1.67. The lowest BCUT2D eigenvalue weighted by atomic mass is 10.0. The molecule has 4 heteroatoms. The van der Waals surface area contributed by atoms with Gasteiger partial charge in [0.25, 0.3) is 0 Å². The summed E-state index contributed by atoms with van der Waals surface area (Å²) in [4.78, 5) is 18.5. The molecule has 2 aliphatic rings. The Labute approximate surface area is 130 Å². The number of hydrogen-bond donors (Lipinski definition) is 1. The first-order chi connectivity index (χ1) is 9.89. The van der Waals surface area contributed by atoms with E-state index < -0.39 is 0 Å². The van der Waals surface area contributed by atoms with Gasteiger partial charge < -0.3 is 5.32 Å². The predicted octanol–water partition coefficient (Wildman–Crippen LogP) is 4.20. The van der Waals surface area contributed by atoms with Gasteiger partial charge in [-0.15, -0.1) is 11.3 Å². The molecule has 0 aliphatic heterocycles. The maximum absolute atomic E-state index is 12.5. The van der Waals surface area contributed by atoms with Crippen LogP contribution < -0.4 is 5.32 Å². The Hall–Kier alpha value is -1.16. The number of hydrogen-bond acceptors (Lipinski definition) is 3. The van der Waals surface area contributed by atoms with Gasteiger partial charge in [0.15, 0.2) is 5.13 Å². The standard InChI is InChI=1S/C17H24N2OS/c1-10(2)9-11-14(17(11,3)4)15(20)19-16-18-12-7-5-6-8-13(12)21-16/h9,11,14H,5-8H2,1-4H3,(H,18,19,20)/t11-,14+/m1/s1. The van der Waals surface area contributed by atoms with Crippen LogP contribution in [0.3, 0.4) is 0 Å². The number of rotatable bonds is 3. The summed E-state index contributed by atoms with van der Waals surface area (Å²) in [7, 11) is 0. The minimum absolute atomic E-state index is 0.0677. The maximum atomic E-state index is 12.5. The lowest BCUT2D eigenvalue weighted by Gasteiger charge is -2.06. The van der Waals surface area contributed by atoms with Crippen molar-refractivity contribution in [2.24, 2.45) is 17.3 Å². The van der Waals surface area contributed by atoms with Gasteiger partial charge in [0.1, 0.15) is 0 Å². The van der Waals surface area contributed by atoms with Crippen LogP contribution in [0.4, 0.5) is 5.13 Å². The third-order valence-corrected chi connectivity index (χ3v) is 5.85. The lowest BCUT2D eigenvalue weighted by molar-refractivity contribution is -0.118. The maximum Gasteiger partial charge on any atom is 0.230 e. The number of fused-ring (bicyclic) bond motifs is 1. The van der Waals surface area contributed by atoms with Crippen LogP contribution in [0.2, 0.25) is 0 Å². The van der Waals surface area contributed by atoms with Gasteiger partial charge in [0, 0.05) is 4.88 Å². The molecule has 21 heavy (non-hydrogen) atoms. The molecule has 1 heterocycles. The number of aryl methyl sites for hydroxylation is 2. The second kappa shape index (κ2) is 5.24. The third kappa shape index (κ3) is 2.78. The van der Waals surface area contributed by atoms with E-state index >= 15 is 0 Å². The van der Waals surface area contributed by atoms with Gasteiger partial charge >= 0.3 is 0 Å². The van der Waals surface area contributed by atoms with Crippen molar-refractivity contribution < 1.29 is 4.79 Å². The van der Waals surface area contributed by atoms with Crippen molar-refractivity contribution in [2.75, 3.05) is 5.32 Å². The smallest absolute Gasteiger partial charge is 0.230 e. The van der Waals surface area contributed by atoms with E-state index in [4.69, 9.17) is 0 Å². The van der Waals surface area contributed by atoms with Crippen molar-refractivity contribution in [1.82, 2.24) is 4.98 Å². The number of amides is 1. The number of nitrogens with one attached hydrogen (secondary N) is 1. The first kappa shape index (κ1) is 14.8. The topological polar surface area (TPSA) is 42.0 Å². The molecule has 2 aliphatic carbocycles. The molecule has 1 fully saturated rings. The first-order valence-electron chi connectivity index (χ1n) is 7.84. The normalized spacial score (nSPS) is 25.9. The molecular weight excluding hydrogens is 280 g/mol. The second-order valence-corrected chi connectivity index (χ2v) is 8.24. The van der Waals surface area contributed by atoms with Crippen LogP contribution in [-0.2, 0) is 17.6 Å². The van der Waals surface area contributed by atoms with E-state index in [1.165, 1.54) is 29.0 Å². The highest BCUT2D eigenvalue weighted by molar-refractivity contribution is 7.15. The molecule has 1 aromatic heterocycles. The minimum atomic E-state index is 0.0677. The number of carbonyl (C=O) groups is 1. The molecule has 0 unspecified atom stereocenters. The molecule has 2 atom stereocenters. The van der Waals surface area contributed by atoms with Gasteiger partial charge in [-0.05, 0) is 50.9 Å². The zero-order valence-electron chi connectivity index (χ0n) is 13.3. The highest BCUT2D eigenvalue weighted by Crippen LogP contribution is 2.59. The molecular formula is C17H24N2OS. The van der Waals surface area contributed by atoms with Gasteiger partial charge in [-0.2, -0.15) is 0 Å². The van der Waals surface area contributed by atoms with E-state index in [1.807, 2.05) is 0 Å². The SMILES string of the molecule is CC(C)=C[C@@H]1[C@@H](C(=O)Nc2nc3c(s2)CCCC3)C1(C)C. The number of anilines is 1. The van der Waals surface area contributed by atoms with Crippen LogP contribution >= 0.6 is 11.3 Å². The molecule has 114 valence electrons. The summed E-state index contributed by atoms with van der Waals surface area (Å²) in [6.07, 6.45) is 6.90. The summed E-state index contributed by atoms with van der Waals surface area (Å²) in [6, 6.07) is 0. The molecule has 0 bridgehead atoms. The number of carbonyl (C=O) groups excluding carboxylic acids is 1. The van der Waals surface area contributed by atoms with Crippen LogP contribution in [0, 0.1) is 17.3 Å².